The van der Waals surface area contributed by atoms with Gasteiger partial charge in [0.1, 0.15) is 11.4 Å². The fourth-order valence-corrected chi connectivity index (χ4v) is 3.35. The second-order valence-corrected chi connectivity index (χ2v) is 8.44. The molecule has 0 aliphatic carbocycles. The van der Waals surface area contributed by atoms with Gasteiger partial charge in [-0.15, -0.1) is 0 Å². The van der Waals surface area contributed by atoms with Crippen molar-refractivity contribution in [2.24, 2.45) is 0 Å². The molecule has 2 aromatic carbocycles. The summed E-state index contributed by atoms with van der Waals surface area (Å²) in [6.45, 7) is 7.05. The Morgan fingerprint density at radius 1 is 1.17 bits per heavy atom. The van der Waals surface area contributed by atoms with E-state index in [2.05, 4.69) is 10.3 Å². The van der Waals surface area contributed by atoms with Crippen LogP contribution < -0.4 is 10.9 Å². The average molecular weight is 434 g/mol. The number of ether oxygens (including phenoxy) is 1. The van der Waals surface area contributed by atoms with Crippen molar-refractivity contribution in [3.8, 4) is 5.69 Å². The van der Waals surface area contributed by atoms with E-state index in [-0.39, 0.29) is 5.56 Å². The van der Waals surface area contributed by atoms with Gasteiger partial charge in [0.05, 0.1) is 27.7 Å². The first kappa shape index (κ1) is 21.1. The van der Waals surface area contributed by atoms with Gasteiger partial charge in [-0.25, -0.2) is 9.78 Å². The molecular weight excluding hydrogens is 413 g/mol. The first-order valence-electron chi connectivity index (χ1n) is 9.03. The Kier molecular flexibility index (Phi) is 5.87. The van der Waals surface area contributed by atoms with Gasteiger partial charge in [-0.1, -0.05) is 35.3 Å². The summed E-state index contributed by atoms with van der Waals surface area (Å²) in [5.74, 6) is 0.331. The average Bonchev–Trinajstić information content (AvgIpc) is 2.59. The maximum Gasteiger partial charge on any atom is 0.408 e. The van der Waals surface area contributed by atoms with E-state index in [0.717, 1.165) is 0 Å². The summed E-state index contributed by atoms with van der Waals surface area (Å²) in [4.78, 5) is 30.2. The molecule has 6 nitrogen and oxygen atoms in total. The molecule has 0 unspecified atom stereocenters. The van der Waals surface area contributed by atoms with Crippen molar-refractivity contribution in [2.45, 2.75) is 39.3 Å². The Labute approximate surface area is 178 Å². The van der Waals surface area contributed by atoms with Gasteiger partial charge in [0, 0.05) is 5.02 Å². The molecule has 0 aliphatic rings. The Hall–Kier alpha value is -2.57. The molecule has 0 saturated heterocycles. The Morgan fingerprint density at radius 3 is 2.52 bits per heavy atom. The number of hydrogen-bond acceptors (Lipinski definition) is 4. The van der Waals surface area contributed by atoms with Gasteiger partial charge in [-0.05, 0) is 58.0 Å². The van der Waals surface area contributed by atoms with Crippen LogP contribution in [0.15, 0.2) is 47.3 Å². The molecule has 0 fully saturated rings. The highest BCUT2D eigenvalue weighted by Crippen LogP contribution is 2.24. The number of alkyl carbamates (subject to hydrolysis) is 1. The molecule has 3 rings (SSSR count). The number of fused-ring (bicyclic) bond motifs is 1. The van der Waals surface area contributed by atoms with E-state index >= 15 is 0 Å². The predicted molar refractivity (Wildman–Crippen MR) is 115 cm³/mol. The molecule has 0 saturated carbocycles. The van der Waals surface area contributed by atoms with Crippen molar-refractivity contribution in [2.75, 3.05) is 0 Å². The van der Waals surface area contributed by atoms with Crippen LogP contribution in [0.2, 0.25) is 10.0 Å². The monoisotopic (exact) mass is 433 g/mol. The third-order valence-corrected chi connectivity index (χ3v) is 4.61. The topological polar surface area (TPSA) is 73.2 Å². The van der Waals surface area contributed by atoms with Gasteiger partial charge < -0.3 is 10.1 Å². The number of carbonyl (C=O) groups is 1. The van der Waals surface area contributed by atoms with Crippen LogP contribution in [-0.2, 0) is 4.74 Å². The largest absolute Gasteiger partial charge is 0.444 e. The van der Waals surface area contributed by atoms with Crippen molar-refractivity contribution in [1.29, 1.82) is 0 Å². The van der Waals surface area contributed by atoms with Crippen molar-refractivity contribution in [3.05, 3.63) is 68.7 Å². The maximum absolute atomic E-state index is 13.4. The van der Waals surface area contributed by atoms with Crippen molar-refractivity contribution in [1.82, 2.24) is 14.9 Å². The third kappa shape index (κ3) is 4.71. The third-order valence-electron chi connectivity index (χ3n) is 4.06. The first-order chi connectivity index (χ1) is 13.6. The lowest BCUT2D eigenvalue weighted by atomic mass is 10.2. The Morgan fingerprint density at radius 2 is 1.86 bits per heavy atom. The van der Waals surface area contributed by atoms with Crippen LogP contribution in [-0.4, -0.2) is 21.2 Å². The summed E-state index contributed by atoms with van der Waals surface area (Å²) >= 11 is 12.4. The second-order valence-electron chi connectivity index (χ2n) is 7.59. The van der Waals surface area contributed by atoms with E-state index in [1.807, 2.05) is 0 Å². The molecule has 1 atom stereocenters. The molecule has 0 spiro atoms. The summed E-state index contributed by atoms with van der Waals surface area (Å²) in [7, 11) is 0. The lowest BCUT2D eigenvalue weighted by Gasteiger charge is -2.23. The molecule has 0 radical (unpaired) electrons. The van der Waals surface area contributed by atoms with Crippen molar-refractivity contribution < 1.29 is 9.53 Å². The van der Waals surface area contributed by atoms with Gasteiger partial charge in [0.2, 0.25) is 0 Å². The van der Waals surface area contributed by atoms with Gasteiger partial charge in [0.25, 0.3) is 5.56 Å². The molecule has 1 amide bonds. The van der Waals surface area contributed by atoms with E-state index in [1.54, 1.807) is 70.2 Å². The number of rotatable bonds is 3. The summed E-state index contributed by atoms with van der Waals surface area (Å²) in [6, 6.07) is 11.3. The fourth-order valence-electron chi connectivity index (χ4n) is 2.91. The zero-order chi connectivity index (χ0) is 21.3. The maximum atomic E-state index is 13.4. The summed E-state index contributed by atoms with van der Waals surface area (Å²) in [6.07, 6.45) is -0.608. The van der Waals surface area contributed by atoms with E-state index in [1.165, 1.54) is 4.57 Å². The van der Waals surface area contributed by atoms with Gasteiger partial charge in [0.15, 0.2) is 0 Å². The number of amides is 1. The van der Waals surface area contributed by atoms with E-state index in [4.69, 9.17) is 27.9 Å². The minimum absolute atomic E-state index is 0.294. The van der Waals surface area contributed by atoms with Crippen LogP contribution in [0.3, 0.4) is 0 Å². The lowest BCUT2D eigenvalue weighted by molar-refractivity contribution is 0.0505. The number of nitrogens with zero attached hydrogens (tertiary/aromatic N) is 2. The Balaban J connectivity index is 2.18. The number of halogens is 2. The number of hydrogen-bond donors (Lipinski definition) is 1. The number of nitrogens with one attached hydrogen (secondary N) is 1. The predicted octanol–water partition coefficient (Wildman–Crippen LogP) is 5.28. The summed E-state index contributed by atoms with van der Waals surface area (Å²) < 4.78 is 6.73. The van der Waals surface area contributed by atoms with Crippen LogP contribution >= 0.6 is 23.2 Å². The molecule has 1 heterocycles. The number of aromatic nitrogens is 2. The van der Waals surface area contributed by atoms with E-state index in [0.29, 0.717) is 32.5 Å². The molecule has 0 bridgehead atoms. The van der Waals surface area contributed by atoms with E-state index in [9.17, 15) is 9.59 Å². The van der Waals surface area contributed by atoms with Crippen molar-refractivity contribution in [3.63, 3.8) is 0 Å². The minimum Gasteiger partial charge on any atom is -0.444 e. The SMILES string of the molecule is C[C@H](NC(=O)OC(C)(C)C)c1nc2cccc(Cl)c2c(=O)n1-c1cccc(Cl)c1. The molecule has 3 aromatic rings. The van der Waals surface area contributed by atoms with Crippen molar-refractivity contribution >= 4 is 40.2 Å². The highest BCUT2D eigenvalue weighted by atomic mass is 35.5. The zero-order valence-corrected chi connectivity index (χ0v) is 18.0. The van der Waals surface area contributed by atoms with Crippen LogP contribution in [0.4, 0.5) is 4.79 Å². The zero-order valence-electron chi connectivity index (χ0n) is 16.5. The van der Waals surface area contributed by atoms with Crippen LogP contribution in [0.1, 0.15) is 39.6 Å². The molecule has 0 aliphatic heterocycles. The molecule has 152 valence electrons. The molecule has 1 aromatic heterocycles. The van der Waals surface area contributed by atoms with Gasteiger partial charge in [-0.2, -0.15) is 0 Å². The first-order valence-corrected chi connectivity index (χ1v) is 9.79. The highest BCUT2D eigenvalue weighted by molar-refractivity contribution is 6.35. The number of benzene rings is 2. The summed E-state index contributed by atoms with van der Waals surface area (Å²) in [5.41, 5.74) is -0.0465. The minimum atomic E-state index is -0.652. The smallest absolute Gasteiger partial charge is 0.408 e. The Bertz CT molecular complexity index is 1140. The highest BCUT2D eigenvalue weighted by Gasteiger charge is 2.23. The molecular formula is C21H21Cl2N3O3. The fraction of sp³-hybridized carbons (Fsp3) is 0.286. The standard InChI is InChI=1S/C21H21Cl2N3O3/c1-12(24-20(28)29-21(2,3)4)18-25-16-10-6-9-15(23)17(16)19(27)26(18)14-8-5-7-13(22)11-14/h5-12H,1-4H3,(H,24,28)/t12-/m0/s1. The second kappa shape index (κ2) is 8.05. The van der Waals surface area contributed by atoms with Gasteiger partial charge in [-0.3, -0.25) is 9.36 Å². The van der Waals surface area contributed by atoms with Crippen LogP contribution in [0.25, 0.3) is 16.6 Å². The number of carbonyl (C=O) groups excluding carboxylic acids is 1. The van der Waals surface area contributed by atoms with Gasteiger partial charge >= 0.3 is 6.09 Å². The molecule has 1 N–H and O–H groups in total. The van der Waals surface area contributed by atoms with Crippen LogP contribution in [0.5, 0.6) is 0 Å². The summed E-state index contributed by atoms with van der Waals surface area (Å²) in [5, 5.41) is 3.79. The molecule has 29 heavy (non-hydrogen) atoms. The van der Waals surface area contributed by atoms with Crippen LogP contribution in [0, 0.1) is 0 Å². The molecule has 8 heteroatoms. The lowest BCUT2D eigenvalue weighted by Crippen LogP contribution is -2.37. The quantitative estimate of drug-likeness (QED) is 0.609. The van der Waals surface area contributed by atoms with E-state index < -0.39 is 17.7 Å². The normalized spacial score (nSPS) is 12.6.